The summed E-state index contributed by atoms with van der Waals surface area (Å²) in [6.45, 7) is 0. The van der Waals surface area contributed by atoms with Crippen LogP contribution >= 0.6 is 0 Å². The second-order valence-corrected chi connectivity index (χ2v) is 4.20. The number of nitrogens with zero attached hydrogens (tertiary/aromatic N) is 1. The normalized spacial score (nSPS) is 12.6. The van der Waals surface area contributed by atoms with Crippen molar-refractivity contribution in [3.8, 4) is 0 Å². The van der Waals surface area contributed by atoms with E-state index in [1.165, 1.54) is 12.1 Å². The van der Waals surface area contributed by atoms with E-state index in [4.69, 9.17) is 4.55 Å². The number of aliphatic imine (C=N–C) groups is 1. The molecule has 1 aliphatic heterocycles. The Bertz CT molecular complexity index is 485. The molecular formula is C8H7NNa2O3S. The van der Waals surface area contributed by atoms with Crippen molar-refractivity contribution >= 4 is 81.1 Å². The summed E-state index contributed by atoms with van der Waals surface area (Å²) in [5.74, 6) is 0. The number of benzene rings is 1. The quantitative estimate of drug-likeness (QED) is 0.574. The molecular weight excluding hydrogens is 236 g/mol. The molecule has 2 radical (unpaired) electrons. The molecule has 0 saturated heterocycles. The van der Waals surface area contributed by atoms with Gasteiger partial charge in [-0.05, 0) is 23.8 Å². The zero-order valence-electron chi connectivity index (χ0n) is 8.64. The SMILES string of the molecule is O=S(=O)(O)c1ccc2c(c1)CC=N2.[Na].[Na]. The molecule has 15 heavy (non-hydrogen) atoms. The number of fused-ring (bicyclic) bond motifs is 1. The molecule has 7 heteroatoms. The van der Waals surface area contributed by atoms with Gasteiger partial charge in [0.05, 0.1) is 10.6 Å². The molecule has 0 bridgehead atoms. The van der Waals surface area contributed by atoms with Crippen LogP contribution in [0.3, 0.4) is 0 Å². The third-order valence-electron chi connectivity index (χ3n) is 1.89. The molecule has 0 spiro atoms. The molecule has 0 amide bonds. The van der Waals surface area contributed by atoms with Gasteiger partial charge in [-0.2, -0.15) is 8.42 Å². The Morgan fingerprint density at radius 1 is 1.27 bits per heavy atom. The Hall–Kier alpha value is 0.800. The Kier molecular flexibility index (Phi) is 6.25. The number of rotatable bonds is 1. The summed E-state index contributed by atoms with van der Waals surface area (Å²) in [7, 11) is -4.08. The summed E-state index contributed by atoms with van der Waals surface area (Å²) in [4.78, 5) is 3.95. The van der Waals surface area contributed by atoms with E-state index in [0.717, 1.165) is 11.3 Å². The second-order valence-electron chi connectivity index (χ2n) is 2.78. The van der Waals surface area contributed by atoms with Crippen LogP contribution in [0, 0.1) is 0 Å². The molecule has 0 aromatic heterocycles. The first-order valence-corrected chi connectivity index (χ1v) is 5.14. The fourth-order valence-corrected chi connectivity index (χ4v) is 1.79. The summed E-state index contributed by atoms with van der Waals surface area (Å²) in [6, 6.07) is 4.37. The predicted octanol–water partition coefficient (Wildman–Crippen LogP) is 0.430. The number of hydrogen-bond acceptors (Lipinski definition) is 3. The summed E-state index contributed by atoms with van der Waals surface area (Å²) in [5.41, 5.74) is 1.60. The molecule has 1 N–H and O–H groups in total. The summed E-state index contributed by atoms with van der Waals surface area (Å²) in [5, 5.41) is 0. The molecule has 0 unspecified atom stereocenters. The van der Waals surface area contributed by atoms with Crippen LogP contribution in [0.25, 0.3) is 0 Å². The van der Waals surface area contributed by atoms with Crippen LogP contribution in [0.4, 0.5) is 5.69 Å². The minimum Gasteiger partial charge on any atom is -0.282 e. The molecule has 1 heterocycles. The molecule has 4 nitrogen and oxygen atoms in total. The monoisotopic (exact) mass is 243 g/mol. The van der Waals surface area contributed by atoms with Crippen LogP contribution in [-0.4, -0.2) is 78.3 Å². The van der Waals surface area contributed by atoms with E-state index >= 15 is 0 Å². The van der Waals surface area contributed by atoms with Crippen molar-refractivity contribution < 1.29 is 13.0 Å². The largest absolute Gasteiger partial charge is 0.294 e. The van der Waals surface area contributed by atoms with Gasteiger partial charge < -0.3 is 0 Å². The minimum absolute atomic E-state index is 0. The van der Waals surface area contributed by atoms with E-state index in [-0.39, 0.29) is 64.0 Å². The molecule has 0 saturated carbocycles. The fourth-order valence-electron chi connectivity index (χ4n) is 1.25. The average molecular weight is 243 g/mol. The van der Waals surface area contributed by atoms with Gasteiger partial charge in [-0.1, -0.05) is 0 Å². The summed E-state index contributed by atoms with van der Waals surface area (Å²) < 4.78 is 30.2. The first-order chi connectivity index (χ1) is 6.07. The van der Waals surface area contributed by atoms with Crippen LogP contribution in [0.5, 0.6) is 0 Å². The van der Waals surface area contributed by atoms with Gasteiger partial charge in [0, 0.05) is 71.7 Å². The van der Waals surface area contributed by atoms with Crippen LogP contribution in [0.2, 0.25) is 0 Å². The van der Waals surface area contributed by atoms with E-state index in [1.807, 2.05) is 0 Å². The van der Waals surface area contributed by atoms with Crippen LogP contribution in [-0.2, 0) is 16.5 Å². The van der Waals surface area contributed by atoms with Crippen LogP contribution < -0.4 is 0 Å². The van der Waals surface area contributed by atoms with E-state index in [2.05, 4.69) is 4.99 Å². The molecule has 1 aliphatic rings. The zero-order valence-corrected chi connectivity index (χ0v) is 13.5. The van der Waals surface area contributed by atoms with Gasteiger partial charge in [0.2, 0.25) is 0 Å². The second kappa shape index (κ2) is 5.93. The topological polar surface area (TPSA) is 66.7 Å². The van der Waals surface area contributed by atoms with Crippen molar-refractivity contribution in [1.82, 2.24) is 0 Å². The van der Waals surface area contributed by atoms with Gasteiger partial charge in [-0.25, -0.2) is 0 Å². The maximum Gasteiger partial charge on any atom is 0.294 e. The maximum atomic E-state index is 10.7. The van der Waals surface area contributed by atoms with Gasteiger partial charge in [-0.15, -0.1) is 0 Å². The smallest absolute Gasteiger partial charge is 0.282 e. The summed E-state index contributed by atoms with van der Waals surface area (Å²) >= 11 is 0. The summed E-state index contributed by atoms with van der Waals surface area (Å²) in [6.07, 6.45) is 2.33. The van der Waals surface area contributed by atoms with Gasteiger partial charge in [0.25, 0.3) is 10.1 Å². The van der Waals surface area contributed by atoms with Crippen molar-refractivity contribution in [2.75, 3.05) is 0 Å². The minimum atomic E-state index is -4.08. The van der Waals surface area contributed by atoms with Crippen molar-refractivity contribution in [2.24, 2.45) is 4.99 Å². The van der Waals surface area contributed by atoms with Crippen molar-refractivity contribution in [3.63, 3.8) is 0 Å². The molecule has 1 aromatic carbocycles. The molecule has 0 fully saturated rings. The van der Waals surface area contributed by atoms with E-state index in [0.29, 0.717) is 6.42 Å². The van der Waals surface area contributed by atoms with Crippen molar-refractivity contribution in [3.05, 3.63) is 23.8 Å². The standard InChI is InChI=1S/C8H7NO3S.2Na/c10-13(11,12)7-1-2-8-6(5-7)3-4-9-8;;/h1-2,4-5H,3H2,(H,10,11,12);;. The van der Waals surface area contributed by atoms with Crippen LogP contribution in [0.1, 0.15) is 5.56 Å². The molecule has 0 atom stereocenters. The Balaban J connectivity index is 0.000000980. The molecule has 0 aliphatic carbocycles. The van der Waals surface area contributed by atoms with E-state index in [9.17, 15) is 8.42 Å². The van der Waals surface area contributed by atoms with Gasteiger partial charge in [0.1, 0.15) is 0 Å². The first kappa shape index (κ1) is 15.8. The Morgan fingerprint density at radius 3 is 2.53 bits per heavy atom. The van der Waals surface area contributed by atoms with Crippen LogP contribution in [0.15, 0.2) is 28.1 Å². The Morgan fingerprint density at radius 2 is 1.93 bits per heavy atom. The third kappa shape index (κ3) is 3.64. The van der Waals surface area contributed by atoms with Crippen molar-refractivity contribution in [2.45, 2.75) is 11.3 Å². The van der Waals surface area contributed by atoms with Gasteiger partial charge in [-0.3, -0.25) is 9.55 Å². The average Bonchev–Trinajstić information content (AvgIpc) is 2.47. The molecule has 70 valence electrons. The number of hydrogen-bond donors (Lipinski definition) is 1. The van der Waals surface area contributed by atoms with Crippen molar-refractivity contribution in [1.29, 1.82) is 0 Å². The van der Waals surface area contributed by atoms with Gasteiger partial charge in [0.15, 0.2) is 0 Å². The van der Waals surface area contributed by atoms with Gasteiger partial charge >= 0.3 is 0 Å². The van der Waals surface area contributed by atoms with E-state index < -0.39 is 10.1 Å². The zero-order chi connectivity index (χ0) is 9.47. The molecule has 1 aromatic rings. The van der Waals surface area contributed by atoms with E-state index in [1.54, 1.807) is 12.3 Å². The third-order valence-corrected chi connectivity index (χ3v) is 2.74. The molecule has 2 rings (SSSR count). The fraction of sp³-hybridized carbons (Fsp3) is 0.125. The predicted molar refractivity (Wildman–Crippen MR) is 59.6 cm³/mol. The maximum absolute atomic E-state index is 10.7. The Labute approximate surface area is 133 Å². The first-order valence-electron chi connectivity index (χ1n) is 3.70.